The Morgan fingerprint density at radius 1 is 1.06 bits per heavy atom. The van der Waals surface area contributed by atoms with Crippen LogP contribution in [0.4, 0.5) is 0 Å². The number of ether oxygens (including phenoxy) is 1. The molecule has 1 aromatic heterocycles. The highest BCUT2D eigenvalue weighted by Crippen LogP contribution is 2.27. The lowest BCUT2D eigenvalue weighted by atomic mass is 10.3. The van der Waals surface area contributed by atoms with Crippen LogP contribution in [0.25, 0.3) is 0 Å². The number of rotatable bonds is 2. The van der Waals surface area contributed by atoms with E-state index in [1.54, 1.807) is 24.3 Å². The first kappa shape index (κ1) is 12.1. The topological polar surface area (TPSA) is 35.0 Å². The molecule has 0 spiro atoms. The predicted molar refractivity (Wildman–Crippen MR) is 68.0 cm³/mol. The minimum absolute atomic E-state index is 0.244. The maximum atomic E-state index is 5.96. The van der Waals surface area contributed by atoms with Crippen LogP contribution in [-0.4, -0.2) is 9.97 Å². The van der Waals surface area contributed by atoms with Gasteiger partial charge >= 0.3 is 0 Å². The zero-order valence-electron chi connectivity index (χ0n) is 9.37. The van der Waals surface area contributed by atoms with E-state index in [4.69, 9.17) is 27.9 Å². The smallest absolute Gasteiger partial charge is 0.257 e. The van der Waals surface area contributed by atoms with Gasteiger partial charge in [0.2, 0.25) is 0 Å². The lowest BCUT2D eigenvalue weighted by Gasteiger charge is -2.08. The molecule has 17 heavy (non-hydrogen) atoms. The maximum absolute atomic E-state index is 5.96. The summed E-state index contributed by atoms with van der Waals surface area (Å²) in [6, 6.07) is 7.02. The molecule has 5 heteroatoms. The molecule has 0 aliphatic heterocycles. The first-order valence-corrected chi connectivity index (χ1v) is 5.76. The highest BCUT2D eigenvalue weighted by atomic mass is 35.5. The van der Waals surface area contributed by atoms with E-state index in [9.17, 15) is 0 Å². The normalized spacial score (nSPS) is 10.4. The lowest BCUT2D eigenvalue weighted by Crippen LogP contribution is -1.97. The molecule has 1 aromatic carbocycles. The summed E-state index contributed by atoms with van der Waals surface area (Å²) in [7, 11) is 0. The van der Waals surface area contributed by atoms with Gasteiger partial charge in [-0.1, -0.05) is 29.3 Å². The van der Waals surface area contributed by atoms with Gasteiger partial charge in [-0.25, -0.2) is 9.97 Å². The van der Waals surface area contributed by atoms with Crippen molar-refractivity contribution in [3.05, 3.63) is 45.8 Å². The molecule has 0 N–H and O–H groups in total. The summed E-state index contributed by atoms with van der Waals surface area (Å²) in [6.07, 6.45) is 0. The Hall–Kier alpha value is -1.32. The van der Waals surface area contributed by atoms with Gasteiger partial charge < -0.3 is 4.74 Å². The molecular formula is C12H10Cl2N2O. The summed E-state index contributed by atoms with van der Waals surface area (Å²) in [6.45, 7) is 3.70. The van der Waals surface area contributed by atoms with Crippen LogP contribution in [0.2, 0.25) is 10.2 Å². The molecule has 88 valence electrons. The van der Waals surface area contributed by atoms with Crippen molar-refractivity contribution in [2.75, 3.05) is 0 Å². The van der Waals surface area contributed by atoms with Gasteiger partial charge in [0.25, 0.3) is 5.88 Å². The van der Waals surface area contributed by atoms with Gasteiger partial charge in [-0.15, -0.1) is 0 Å². The van der Waals surface area contributed by atoms with Crippen LogP contribution in [0.3, 0.4) is 0 Å². The fourth-order valence-corrected chi connectivity index (χ4v) is 1.65. The standard InChI is InChI=1S/C12H10Cl2N2O/c1-7-8(2)16-12(11(14)15-7)17-10-5-3-4-9(13)6-10/h3-6H,1-2H3. The van der Waals surface area contributed by atoms with Gasteiger partial charge in [-0.2, -0.15) is 0 Å². The molecule has 0 aliphatic carbocycles. The summed E-state index contributed by atoms with van der Waals surface area (Å²) in [5, 5.41) is 0.837. The van der Waals surface area contributed by atoms with Crippen LogP contribution in [0, 0.1) is 13.8 Å². The third-order valence-corrected chi connectivity index (χ3v) is 2.73. The van der Waals surface area contributed by atoms with Gasteiger partial charge in [-0.05, 0) is 32.0 Å². The van der Waals surface area contributed by atoms with Crippen LogP contribution in [-0.2, 0) is 0 Å². The largest absolute Gasteiger partial charge is 0.436 e. The third kappa shape index (κ3) is 2.87. The van der Waals surface area contributed by atoms with Crippen LogP contribution < -0.4 is 4.74 Å². The van der Waals surface area contributed by atoms with Crippen molar-refractivity contribution in [3.63, 3.8) is 0 Å². The Balaban J connectivity index is 2.33. The molecule has 2 aromatic rings. The van der Waals surface area contributed by atoms with Gasteiger partial charge in [0, 0.05) is 5.02 Å². The van der Waals surface area contributed by atoms with E-state index in [2.05, 4.69) is 9.97 Å². The van der Waals surface area contributed by atoms with Crippen molar-refractivity contribution in [1.82, 2.24) is 9.97 Å². The molecule has 0 atom stereocenters. The van der Waals surface area contributed by atoms with Crippen LogP contribution in [0.1, 0.15) is 11.4 Å². The van der Waals surface area contributed by atoms with Crippen molar-refractivity contribution in [3.8, 4) is 11.6 Å². The number of nitrogens with zero attached hydrogens (tertiary/aromatic N) is 2. The Morgan fingerprint density at radius 3 is 2.47 bits per heavy atom. The van der Waals surface area contributed by atoms with Crippen LogP contribution >= 0.6 is 23.2 Å². The number of aryl methyl sites for hydroxylation is 2. The molecule has 3 nitrogen and oxygen atoms in total. The first-order chi connectivity index (χ1) is 8.06. The van der Waals surface area contributed by atoms with Crippen molar-refractivity contribution in [1.29, 1.82) is 0 Å². The van der Waals surface area contributed by atoms with Crippen molar-refractivity contribution < 1.29 is 4.74 Å². The first-order valence-electron chi connectivity index (χ1n) is 5.00. The fraction of sp³-hybridized carbons (Fsp3) is 0.167. The second-order valence-electron chi connectivity index (χ2n) is 3.55. The Bertz CT molecular complexity index is 558. The van der Waals surface area contributed by atoms with E-state index < -0.39 is 0 Å². The fourth-order valence-electron chi connectivity index (χ4n) is 1.26. The second kappa shape index (κ2) is 4.90. The Labute approximate surface area is 109 Å². The number of hydrogen-bond donors (Lipinski definition) is 0. The molecule has 0 saturated heterocycles. The number of benzene rings is 1. The van der Waals surface area contributed by atoms with E-state index in [-0.39, 0.29) is 11.0 Å². The average molecular weight is 269 g/mol. The summed E-state index contributed by atoms with van der Waals surface area (Å²) in [5.41, 5.74) is 1.57. The minimum Gasteiger partial charge on any atom is -0.436 e. The monoisotopic (exact) mass is 268 g/mol. The Kier molecular flexibility index (Phi) is 3.50. The van der Waals surface area contributed by atoms with E-state index >= 15 is 0 Å². The van der Waals surface area contributed by atoms with Gasteiger partial charge in [0.1, 0.15) is 5.75 Å². The molecule has 0 saturated carbocycles. The summed E-state index contributed by atoms with van der Waals surface area (Å²) >= 11 is 11.8. The third-order valence-electron chi connectivity index (χ3n) is 2.25. The average Bonchev–Trinajstić information content (AvgIpc) is 2.26. The van der Waals surface area contributed by atoms with Gasteiger partial charge in [0.05, 0.1) is 11.4 Å². The van der Waals surface area contributed by atoms with Gasteiger partial charge in [-0.3, -0.25) is 0 Å². The van der Waals surface area contributed by atoms with Crippen molar-refractivity contribution >= 4 is 23.2 Å². The zero-order valence-corrected chi connectivity index (χ0v) is 10.9. The molecular weight excluding hydrogens is 259 g/mol. The highest BCUT2D eigenvalue weighted by molar-refractivity contribution is 6.31. The SMILES string of the molecule is Cc1nc(Cl)c(Oc2cccc(Cl)c2)nc1C. The second-order valence-corrected chi connectivity index (χ2v) is 4.34. The van der Waals surface area contributed by atoms with E-state index in [1.807, 2.05) is 13.8 Å². The van der Waals surface area contributed by atoms with E-state index in [0.717, 1.165) is 11.4 Å². The highest BCUT2D eigenvalue weighted by Gasteiger charge is 2.09. The van der Waals surface area contributed by atoms with Crippen molar-refractivity contribution in [2.24, 2.45) is 0 Å². The lowest BCUT2D eigenvalue weighted by molar-refractivity contribution is 0.458. The molecule has 0 unspecified atom stereocenters. The van der Waals surface area contributed by atoms with Gasteiger partial charge in [0.15, 0.2) is 5.15 Å². The molecule has 0 fully saturated rings. The summed E-state index contributed by atoms with van der Waals surface area (Å²) in [4.78, 5) is 8.37. The predicted octanol–water partition coefficient (Wildman–Crippen LogP) is 4.19. The van der Waals surface area contributed by atoms with Crippen LogP contribution in [0.15, 0.2) is 24.3 Å². The summed E-state index contributed by atoms with van der Waals surface area (Å²) in [5.74, 6) is 0.869. The zero-order chi connectivity index (χ0) is 12.4. The number of aromatic nitrogens is 2. The Morgan fingerprint density at radius 2 is 1.76 bits per heavy atom. The van der Waals surface area contributed by atoms with Crippen molar-refractivity contribution in [2.45, 2.75) is 13.8 Å². The quantitative estimate of drug-likeness (QED) is 0.819. The molecule has 1 heterocycles. The summed E-state index contributed by atoms with van der Waals surface area (Å²) < 4.78 is 5.54. The maximum Gasteiger partial charge on any atom is 0.257 e. The minimum atomic E-state index is 0.244. The molecule has 0 aliphatic rings. The van der Waals surface area contributed by atoms with Crippen LogP contribution in [0.5, 0.6) is 11.6 Å². The molecule has 2 rings (SSSR count). The molecule has 0 bridgehead atoms. The molecule has 0 radical (unpaired) electrons. The van der Waals surface area contributed by atoms with E-state index in [0.29, 0.717) is 10.8 Å². The number of halogens is 2. The molecule has 0 amide bonds. The van der Waals surface area contributed by atoms with E-state index in [1.165, 1.54) is 0 Å². The number of hydrogen-bond acceptors (Lipinski definition) is 3.